The van der Waals surface area contributed by atoms with Crippen LogP contribution in [-0.2, 0) is 19.6 Å². The van der Waals surface area contributed by atoms with Crippen LogP contribution < -0.4 is 10.0 Å². The van der Waals surface area contributed by atoms with Gasteiger partial charge in [-0.25, -0.2) is 13.1 Å². The molecule has 1 aliphatic heterocycles. The third-order valence-corrected chi connectivity index (χ3v) is 4.86. The van der Waals surface area contributed by atoms with Crippen molar-refractivity contribution >= 4 is 21.7 Å². The quantitative estimate of drug-likeness (QED) is 0.434. The normalized spacial score (nSPS) is 21.5. The van der Waals surface area contributed by atoms with E-state index in [0.29, 0.717) is 0 Å². The van der Waals surface area contributed by atoms with Gasteiger partial charge in [-0.2, -0.15) is 0 Å². The van der Waals surface area contributed by atoms with Crippen molar-refractivity contribution in [3.8, 4) is 0 Å². The molecule has 0 unspecified atom stereocenters. The second-order valence-corrected chi connectivity index (χ2v) is 6.45. The summed E-state index contributed by atoms with van der Waals surface area (Å²) >= 11 is 0. The molecule has 0 bridgehead atoms. The zero-order chi connectivity index (χ0) is 16.3. The fourth-order valence-electron chi connectivity index (χ4n) is 2.27. The molecule has 2 rings (SSSR count). The van der Waals surface area contributed by atoms with Crippen LogP contribution in [0.2, 0.25) is 0 Å². The van der Waals surface area contributed by atoms with Gasteiger partial charge in [0.15, 0.2) is 4.90 Å². The lowest BCUT2D eigenvalue weighted by Gasteiger charge is -2.12. The molecule has 0 spiro atoms. The van der Waals surface area contributed by atoms with E-state index in [1.807, 2.05) is 0 Å². The molecule has 1 fully saturated rings. The molecular formula is C12H15N3O6S. The molecule has 1 aliphatic rings. The predicted molar refractivity (Wildman–Crippen MR) is 75.6 cm³/mol. The average Bonchev–Trinajstić information content (AvgIpc) is 2.94. The minimum absolute atomic E-state index is 0.215. The van der Waals surface area contributed by atoms with Gasteiger partial charge in [-0.1, -0.05) is 12.1 Å². The number of nitro benzene ring substituents is 1. The van der Waals surface area contributed by atoms with Crippen molar-refractivity contribution in [3.05, 3.63) is 34.4 Å². The van der Waals surface area contributed by atoms with Crippen molar-refractivity contribution in [1.82, 2.24) is 10.0 Å². The van der Waals surface area contributed by atoms with E-state index >= 15 is 0 Å². The number of nitrogens with zero attached hydrogens (tertiary/aromatic N) is 1. The van der Waals surface area contributed by atoms with Crippen LogP contribution in [0.5, 0.6) is 0 Å². The van der Waals surface area contributed by atoms with Crippen LogP contribution in [0.1, 0.15) is 6.42 Å². The molecule has 10 heteroatoms. The molecule has 1 heterocycles. The predicted octanol–water partition coefficient (Wildman–Crippen LogP) is -0.223. The van der Waals surface area contributed by atoms with Gasteiger partial charge in [0.25, 0.3) is 5.69 Å². The Morgan fingerprint density at radius 1 is 1.45 bits per heavy atom. The molecule has 0 aliphatic carbocycles. The number of hydrogen-bond donors (Lipinski definition) is 2. The molecule has 120 valence electrons. The van der Waals surface area contributed by atoms with Crippen molar-refractivity contribution in [2.45, 2.75) is 23.4 Å². The molecule has 0 amide bonds. The standard InChI is InChI=1S/C12H15N3O6S/c1-21-12(16)9-6-8(7-13-9)14-22(19,20)11-5-3-2-4-10(11)15(17)18/h2-5,8-9,13-14H,6-7H2,1H3/t8-,9+/m1/s1. The largest absolute Gasteiger partial charge is 0.468 e. The Hall–Kier alpha value is -2.04. The summed E-state index contributed by atoms with van der Waals surface area (Å²) in [6.07, 6.45) is 0.215. The highest BCUT2D eigenvalue weighted by atomic mass is 32.2. The van der Waals surface area contributed by atoms with E-state index in [1.54, 1.807) is 0 Å². The van der Waals surface area contributed by atoms with E-state index in [4.69, 9.17) is 0 Å². The maximum atomic E-state index is 12.3. The summed E-state index contributed by atoms with van der Waals surface area (Å²) in [7, 11) is -2.81. The van der Waals surface area contributed by atoms with Crippen molar-refractivity contribution in [3.63, 3.8) is 0 Å². The Balaban J connectivity index is 2.16. The summed E-state index contributed by atoms with van der Waals surface area (Å²) in [5, 5.41) is 13.8. The van der Waals surface area contributed by atoms with Crippen LogP contribution in [0.4, 0.5) is 5.69 Å². The number of methoxy groups -OCH3 is 1. The molecule has 0 radical (unpaired) electrons. The number of benzene rings is 1. The topological polar surface area (TPSA) is 128 Å². The van der Waals surface area contributed by atoms with E-state index in [2.05, 4.69) is 14.8 Å². The number of nitrogens with one attached hydrogen (secondary N) is 2. The zero-order valence-corrected chi connectivity index (χ0v) is 12.5. The van der Waals surface area contributed by atoms with Gasteiger partial charge in [0.05, 0.1) is 12.0 Å². The minimum atomic E-state index is -4.06. The van der Waals surface area contributed by atoms with Gasteiger partial charge in [0.2, 0.25) is 10.0 Å². The van der Waals surface area contributed by atoms with Gasteiger partial charge in [0, 0.05) is 18.7 Å². The summed E-state index contributed by atoms with van der Waals surface area (Å²) in [5.41, 5.74) is -0.495. The Morgan fingerprint density at radius 3 is 2.77 bits per heavy atom. The summed E-state index contributed by atoms with van der Waals surface area (Å²) < 4.78 is 31.6. The third-order valence-electron chi connectivity index (χ3n) is 3.29. The van der Waals surface area contributed by atoms with E-state index in [0.717, 1.165) is 6.07 Å². The Morgan fingerprint density at radius 2 is 2.14 bits per heavy atom. The average molecular weight is 329 g/mol. The lowest BCUT2D eigenvalue weighted by molar-refractivity contribution is -0.387. The SMILES string of the molecule is COC(=O)[C@@H]1C[C@@H](NS(=O)(=O)c2ccccc2[N+](=O)[O-])CN1. The molecule has 22 heavy (non-hydrogen) atoms. The van der Waals surface area contributed by atoms with Crippen molar-refractivity contribution in [2.24, 2.45) is 0 Å². The Labute approximate surface area is 126 Å². The van der Waals surface area contributed by atoms with E-state index in [1.165, 1.54) is 25.3 Å². The molecule has 0 saturated carbocycles. The Bertz CT molecular complexity index is 690. The number of rotatable bonds is 5. The molecule has 2 atom stereocenters. The highest BCUT2D eigenvalue weighted by molar-refractivity contribution is 7.89. The number of sulfonamides is 1. The van der Waals surface area contributed by atoms with Crippen LogP contribution in [0, 0.1) is 10.1 Å². The number of hydrogen-bond acceptors (Lipinski definition) is 7. The van der Waals surface area contributed by atoms with E-state index in [9.17, 15) is 23.3 Å². The van der Waals surface area contributed by atoms with Crippen molar-refractivity contribution < 1.29 is 22.9 Å². The first-order valence-electron chi connectivity index (χ1n) is 6.42. The lowest BCUT2D eigenvalue weighted by Crippen LogP contribution is -2.36. The van der Waals surface area contributed by atoms with Crippen LogP contribution >= 0.6 is 0 Å². The number of esters is 1. The smallest absolute Gasteiger partial charge is 0.322 e. The van der Waals surface area contributed by atoms with E-state index < -0.39 is 43.6 Å². The van der Waals surface area contributed by atoms with Gasteiger partial charge in [-0.05, 0) is 12.5 Å². The fourth-order valence-corrected chi connectivity index (χ4v) is 3.69. The molecule has 1 aromatic carbocycles. The number of ether oxygens (including phenoxy) is 1. The van der Waals surface area contributed by atoms with Gasteiger partial charge in [0.1, 0.15) is 6.04 Å². The molecular weight excluding hydrogens is 314 g/mol. The number of carbonyl (C=O) groups excluding carboxylic acids is 1. The highest BCUT2D eigenvalue weighted by Gasteiger charge is 2.34. The summed E-state index contributed by atoms with van der Waals surface area (Å²) in [4.78, 5) is 21.2. The molecule has 9 nitrogen and oxygen atoms in total. The van der Waals surface area contributed by atoms with Gasteiger partial charge in [-0.15, -0.1) is 0 Å². The maximum absolute atomic E-state index is 12.3. The first-order chi connectivity index (χ1) is 10.3. The molecule has 1 saturated heterocycles. The second kappa shape index (κ2) is 6.38. The summed E-state index contributed by atoms with van der Waals surface area (Å²) in [6.45, 7) is 0.236. The number of para-hydroxylation sites is 1. The molecule has 0 aromatic heterocycles. The van der Waals surface area contributed by atoms with E-state index in [-0.39, 0.29) is 13.0 Å². The van der Waals surface area contributed by atoms with Crippen LogP contribution in [0.15, 0.2) is 29.2 Å². The summed E-state index contributed by atoms with van der Waals surface area (Å²) in [5.74, 6) is -0.479. The number of nitro groups is 1. The monoisotopic (exact) mass is 329 g/mol. The summed E-state index contributed by atoms with van der Waals surface area (Å²) in [6, 6.07) is 3.95. The molecule has 2 N–H and O–H groups in total. The fraction of sp³-hybridized carbons (Fsp3) is 0.417. The minimum Gasteiger partial charge on any atom is -0.468 e. The van der Waals surface area contributed by atoms with Gasteiger partial charge < -0.3 is 10.1 Å². The van der Waals surface area contributed by atoms with Gasteiger partial charge >= 0.3 is 5.97 Å². The Kier molecular flexibility index (Phi) is 4.74. The maximum Gasteiger partial charge on any atom is 0.322 e. The van der Waals surface area contributed by atoms with Crippen LogP contribution in [0.25, 0.3) is 0 Å². The zero-order valence-electron chi connectivity index (χ0n) is 11.7. The molecule has 1 aromatic rings. The number of carbonyl (C=O) groups is 1. The van der Waals surface area contributed by atoms with Crippen LogP contribution in [0.3, 0.4) is 0 Å². The first-order valence-corrected chi connectivity index (χ1v) is 7.90. The highest BCUT2D eigenvalue weighted by Crippen LogP contribution is 2.23. The van der Waals surface area contributed by atoms with Crippen LogP contribution in [-0.4, -0.2) is 45.0 Å². The van der Waals surface area contributed by atoms with Gasteiger partial charge in [-0.3, -0.25) is 14.9 Å². The van der Waals surface area contributed by atoms with Crippen molar-refractivity contribution in [1.29, 1.82) is 0 Å². The second-order valence-electron chi connectivity index (χ2n) is 4.76. The lowest BCUT2D eigenvalue weighted by atomic mass is 10.2. The third kappa shape index (κ3) is 3.40. The first kappa shape index (κ1) is 16.3. The van der Waals surface area contributed by atoms with Crippen molar-refractivity contribution in [2.75, 3.05) is 13.7 Å².